The van der Waals surface area contributed by atoms with Gasteiger partial charge < -0.3 is 5.32 Å². The van der Waals surface area contributed by atoms with E-state index in [1.165, 1.54) is 5.41 Å². The van der Waals surface area contributed by atoms with Gasteiger partial charge in [-0.05, 0) is 0 Å². The summed E-state index contributed by atoms with van der Waals surface area (Å²) in [7, 11) is -4.10. The highest BCUT2D eigenvalue weighted by Crippen LogP contribution is 2.22. The first-order valence-corrected chi connectivity index (χ1v) is 5.02. The normalized spacial score (nSPS) is 24.1. The molecule has 62 valence electrons. The SMILES string of the molecule is O=CC1=CSC(S(=O)(=O)O)N1. The van der Waals surface area contributed by atoms with E-state index in [4.69, 9.17) is 4.55 Å². The van der Waals surface area contributed by atoms with Gasteiger partial charge >= 0.3 is 0 Å². The Bertz CT molecular complexity index is 293. The molecule has 0 spiro atoms. The third kappa shape index (κ3) is 1.95. The highest BCUT2D eigenvalue weighted by Gasteiger charge is 2.27. The van der Waals surface area contributed by atoms with Gasteiger partial charge in [-0.25, -0.2) is 0 Å². The number of nitrogens with one attached hydrogen (secondary N) is 1. The molecule has 1 aliphatic rings. The van der Waals surface area contributed by atoms with Gasteiger partial charge in [-0.3, -0.25) is 9.35 Å². The standard InChI is InChI=1S/C4H5NO4S2/c6-1-3-2-10-4(5-3)11(7,8)9/h1-2,4-5H,(H,7,8,9). The summed E-state index contributed by atoms with van der Waals surface area (Å²) in [5.74, 6) is 0. The third-order valence-electron chi connectivity index (χ3n) is 1.00. The predicted molar refractivity (Wildman–Crippen MR) is 40.2 cm³/mol. The molecule has 1 atom stereocenters. The number of hydrogen-bond acceptors (Lipinski definition) is 5. The molecule has 0 bridgehead atoms. The van der Waals surface area contributed by atoms with Crippen LogP contribution in [0.1, 0.15) is 0 Å². The van der Waals surface area contributed by atoms with Crippen molar-refractivity contribution < 1.29 is 17.8 Å². The van der Waals surface area contributed by atoms with Crippen LogP contribution in [-0.4, -0.2) is 24.0 Å². The summed E-state index contributed by atoms with van der Waals surface area (Å²) in [6.45, 7) is 0. The number of carbonyl (C=O) groups is 1. The lowest BCUT2D eigenvalue weighted by molar-refractivity contribution is -0.105. The van der Waals surface area contributed by atoms with Crippen molar-refractivity contribution >= 4 is 28.2 Å². The van der Waals surface area contributed by atoms with Crippen molar-refractivity contribution in [1.82, 2.24) is 5.32 Å². The Morgan fingerprint density at radius 2 is 2.36 bits per heavy atom. The van der Waals surface area contributed by atoms with Crippen LogP contribution in [0.2, 0.25) is 0 Å². The van der Waals surface area contributed by atoms with E-state index in [9.17, 15) is 13.2 Å². The van der Waals surface area contributed by atoms with Crippen molar-refractivity contribution in [2.45, 2.75) is 4.71 Å². The Labute approximate surface area is 67.6 Å². The Morgan fingerprint density at radius 1 is 1.73 bits per heavy atom. The summed E-state index contributed by atoms with van der Waals surface area (Å²) in [5, 5.41) is 3.64. The monoisotopic (exact) mass is 195 g/mol. The minimum atomic E-state index is -4.10. The molecule has 0 aromatic rings. The van der Waals surface area contributed by atoms with E-state index in [1.807, 2.05) is 0 Å². The van der Waals surface area contributed by atoms with Gasteiger partial charge in [0, 0.05) is 5.41 Å². The highest BCUT2D eigenvalue weighted by atomic mass is 32.3. The molecule has 0 saturated heterocycles. The lowest BCUT2D eigenvalue weighted by Gasteiger charge is -2.05. The van der Waals surface area contributed by atoms with E-state index < -0.39 is 14.8 Å². The van der Waals surface area contributed by atoms with Crippen molar-refractivity contribution in [2.75, 3.05) is 0 Å². The molecule has 2 N–H and O–H groups in total. The molecule has 1 rings (SSSR count). The molecule has 1 aliphatic heterocycles. The molecule has 1 unspecified atom stereocenters. The second-order valence-corrected chi connectivity index (χ2v) is 4.60. The highest BCUT2D eigenvalue weighted by molar-refractivity contribution is 8.13. The molecule has 1 heterocycles. The topological polar surface area (TPSA) is 83.5 Å². The van der Waals surface area contributed by atoms with Gasteiger partial charge in [0.05, 0.1) is 5.70 Å². The maximum Gasteiger partial charge on any atom is 0.296 e. The van der Waals surface area contributed by atoms with Crippen LogP contribution in [0.5, 0.6) is 0 Å². The number of aldehydes is 1. The van der Waals surface area contributed by atoms with Crippen LogP contribution in [0, 0.1) is 0 Å². The smallest absolute Gasteiger partial charge is 0.296 e. The van der Waals surface area contributed by atoms with E-state index in [-0.39, 0.29) is 5.70 Å². The van der Waals surface area contributed by atoms with Crippen LogP contribution >= 0.6 is 11.8 Å². The quantitative estimate of drug-likeness (QED) is 0.458. The van der Waals surface area contributed by atoms with Crippen LogP contribution in [0.4, 0.5) is 0 Å². The molecule has 0 saturated carbocycles. The van der Waals surface area contributed by atoms with Crippen LogP contribution in [0.15, 0.2) is 11.1 Å². The van der Waals surface area contributed by atoms with E-state index in [1.54, 1.807) is 0 Å². The van der Waals surface area contributed by atoms with Crippen molar-refractivity contribution in [3.63, 3.8) is 0 Å². The average Bonchev–Trinajstić information content (AvgIpc) is 2.32. The van der Waals surface area contributed by atoms with Gasteiger partial charge in [0.25, 0.3) is 10.1 Å². The largest absolute Gasteiger partial charge is 0.356 e. The molecule has 0 aliphatic carbocycles. The van der Waals surface area contributed by atoms with Gasteiger partial charge in [-0.1, -0.05) is 11.8 Å². The minimum Gasteiger partial charge on any atom is -0.356 e. The molecule has 7 heteroatoms. The van der Waals surface area contributed by atoms with Crippen LogP contribution in [-0.2, 0) is 14.9 Å². The third-order valence-corrected chi connectivity index (χ3v) is 3.48. The van der Waals surface area contributed by atoms with Crippen molar-refractivity contribution in [3.8, 4) is 0 Å². The summed E-state index contributed by atoms with van der Waals surface area (Å²) in [5.41, 5.74) is 0.164. The molecule has 0 amide bonds. The molecule has 5 nitrogen and oxygen atoms in total. The summed E-state index contributed by atoms with van der Waals surface area (Å²) in [4.78, 5) is 10.1. The lowest BCUT2D eigenvalue weighted by atomic mass is 10.6. The average molecular weight is 195 g/mol. The predicted octanol–water partition coefficient (Wildman–Crippen LogP) is -0.465. The zero-order valence-corrected chi connectivity index (χ0v) is 6.85. The number of carbonyl (C=O) groups excluding carboxylic acids is 1. The van der Waals surface area contributed by atoms with Gasteiger partial charge in [0.2, 0.25) is 4.71 Å². The van der Waals surface area contributed by atoms with E-state index in [0.717, 1.165) is 11.8 Å². The molecular weight excluding hydrogens is 190 g/mol. The molecule has 0 radical (unpaired) electrons. The minimum absolute atomic E-state index is 0.164. The van der Waals surface area contributed by atoms with Crippen LogP contribution < -0.4 is 5.32 Å². The Kier molecular flexibility index (Phi) is 2.21. The van der Waals surface area contributed by atoms with E-state index >= 15 is 0 Å². The second-order valence-electron chi connectivity index (χ2n) is 1.82. The van der Waals surface area contributed by atoms with E-state index in [2.05, 4.69) is 5.32 Å². The molecular formula is C4H5NO4S2. The van der Waals surface area contributed by atoms with Crippen molar-refractivity contribution in [3.05, 3.63) is 11.1 Å². The van der Waals surface area contributed by atoms with Gasteiger partial charge in [0.1, 0.15) is 0 Å². The van der Waals surface area contributed by atoms with Gasteiger partial charge in [0.15, 0.2) is 6.29 Å². The Morgan fingerprint density at radius 3 is 2.64 bits per heavy atom. The summed E-state index contributed by atoms with van der Waals surface area (Å²) < 4.78 is 28.2. The number of hydrogen-bond donors (Lipinski definition) is 2. The zero-order chi connectivity index (χ0) is 8.48. The van der Waals surface area contributed by atoms with Crippen LogP contribution in [0.25, 0.3) is 0 Å². The fourth-order valence-electron chi connectivity index (χ4n) is 0.546. The van der Waals surface area contributed by atoms with Gasteiger partial charge in [-0.2, -0.15) is 8.42 Å². The van der Waals surface area contributed by atoms with Gasteiger partial charge in [-0.15, -0.1) is 0 Å². The Hall–Kier alpha value is -0.530. The Balaban J connectivity index is 2.69. The van der Waals surface area contributed by atoms with Crippen molar-refractivity contribution in [1.29, 1.82) is 0 Å². The first-order chi connectivity index (χ1) is 5.04. The number of allylic oxidation sites excluding steroid dienone is 1. The van der Waals surface area contributed by atoms with Crippen LogP contribution in [0.3, 0.4) is 0 Å². The van der Waals surface area contributed by atoms with Crippen molar-refractivity contribution in [2.24, 2.45) is 0 Å². The summed E-state index contributed by atoms with van der Waals surface area (Å²) >= 11 is 0.840. The van der Waals surface area contributed by atoms with E-state index in [0.29, 0.717) is 6.29 Å². The molecule has 0 fully saturated rings. The number of rotatable bonds is 2. The lowest BCUT2D eigenvalue weighted by Crippen LogP contribution is -2.29. The summed E-state index contributed by atoms with van der Waals surface area (Å²) in [6, 6.07) is 0. The fraction of sp³-hybridized carbons (Fsp3) is 0.250. The maximum absolute atomic E-state index is 10.4. The number of thioether (sulfide) groups is 1. The molecule has 11 heavy (non-hydrogen) atoms. The fourth-order valence-corrected chi connectivity index (χ4v) is 2.16. The zero-order valence-electron chi connectivity index (χ0n) is 5.22. The summed E-state index contributed by atoms with van der Waals surface area (Å²) in [6.07, 6.45) is 0.484. The first-order valence-electron chi connectivity index (χ1n) is 2.57. The molecule has 0 aromatic carbocycles. The first kappa shape index (κ1) is 8.57. The maximum atomic E-state index is 10.4. The second kappa shape index (κ2) is 2.84. The molecule has 0 aromatic heterocycles.